The molecule has 6 nitrogen and oxygen atoms in total. The van der Waals surface area contributed by atoms with E-state index in [2.05, 4.69) is 15.8 Å². The van der Waals surface area contributed by atoms with Crippen molar-refractivity contribution in [2.75, 3.05) is 0 Å². The summed E-state index contributed by atoms with van der Waals surface area (Å²) >= 11 is 0. The Bertz CT molecular complexity index is 751. The SMILES string of the molecule is C/C(CC(=O)NC12CC3CC(CC(C3)C1)C2)=N/NC(=O)c1ccccc1O. The fourth-order valence-electron chi connectivity index (χ4n) is 5.75. The first-order chi connectivity index (χ1) is 12.9. The number of aromatic hydroxyl groups is 1. The number of benzene rings is 1. The largest absolute Gasteiger partial charge is 0.507 e. The molecule has 4 fully saturated rings. The van der Waals surface area contributed by atoms with Crippen molar-refractivity contribution in [1.82, 2.24) is 10.7 Å². The molecule has 0 radical (unpaired) electrons. The predicted molar refractivity (Wildman–Crippen MR) is 102 cm³/mol. The van der Waals surface area contributed by atoms with Crippen LogP contribution in [0.5, 0.6) is 5.75 Å². The fourth-order valence-corrected chi connectivity index (χ4v) is 5.75. The highest BCUT2D eigenvalue weighted by molar-refractivity contribution is 6.02. The van der Waals surface area contributed by atoms with Crippen LogP contribution < -0.4 is 10.7 Å². The van der Waals surface area contributed by atoms with Crippen LogP contribution in [-0.2, 0) is 4.79 Å². The number of carbonyl (C=O) groups excluding carboxylic acids is 2. The molecule has 0 atom stereocenters. The first-order valence-corrected chi connectivity index (χ1v) is 9.85. The second-order valence-corrected chi connectivity index (χ2v) is 8.73. The molecule has 27 heavy (non-hydrogen) atoms. The molecule has 2 amide bonds. The molecule has 0 unspecified atom stereocenters. The van der Waals surface area contributed by atoms with Crippen molar-refractivity contribution < 1.29 is 14.7 Å². The summed E-state index contributed by atoms with van der Waals surface area (Å²) in [6.45, 7) is 1.73. The average Bonchev–Trinajstić information content (AvgIpc) is 2.58. The van der Waals surface area contributed by atoms with Gasteiger partial charge in [0.25, 0.3) is 5.91 Å². The van der Waals surface area contributed by atoms with Gasteiger partial charge >= 0.3 is 0 Å². The Morgan fingerprint density at radius 2 is 1.70 bits per heavy atom. The summed E-state index contributed by atoms with van der Waals surface area (Å²) in [6.07, 6.45) is 7.54. The minimum absolute atomic E-state index is 0.00874. The van der Waals surface area contributed by atoms with Crippen LogP contribution in [0.2, 0.25) is 0 Å². The zero-order valence-corrected chi connectivity index (χ0v) is 15.7. The molecule has 5 rings (SSSR count). The number of hydrogen-bond acceptors (Lipinski definition) is 4. The predicted octanol–water partition coefficient (Wildman–Crippen LogP) is 2.97. The number of phenolic OH excluding ortho intramolecular Hbond substituents is 1. The maximum absolute atomic E-state index is 12.6. The molecule has 6 heteroatoms. The lowest BCUT2D eigenvalue weighted by Crippen LogP contribution is -2.60. The molecule has 1 aromatic carbocycles. The van der Waals surface area contributed by atoms with Crippen LogP contribution in [0.15, 0.2) is 29.4 Å². The van der Waals surface area contributed by atoms with Gasteiger partial charge in [-0.2, -0.15) is 5.10 Å². The zero-order valence-electron chi connectivity index (χ0n) is 15.7. The van der Waals surface area contributed by atoms with E-state index >= 15 is 0 Å². The summed E-state index contributed by atoms with van der Waals surface area (Å²) in [5, 5.41) is 17.0. The van der Waals surface area contributed by atoms with Gasteiger partial charge in [-0.25, -0.2) is 5.43 Å². The second kappa shape index (κ2) is 6.98. The molecule has 3 N–H and O–H groups in total. The van der Waals surface area contributed by atoms with E-state index in [4.69, 9.17) is 0 Å². The number of hydrazone groups is 1. The highest BCUT2D eigenvalue weighted by atomic mass is 16.3. The number of para-hydroxylation sites is 1. The maximum atomic E-state index is 12.6. The number of phenols is 1. The number of nitrogens with one attached hydrogen (secondary N) is 2. The summed E-state index contributed by atoms with van der Waals surface area (Å²) < 4.78 is 0. The second-order valence-electron chi connectivity index (χ2n) is 8.73. The topological polar surface area (TPSA) is 90.8 Å². The molecule has 4 aliphatic rings. The quantitative estimate of drug-likeness (QED) is 0.550. The van der Waals surface area contributed by atoms with Crippen molar-refractivity contribution >= 4 is 17.5 Å². The highest BCUT2D eigenvalue weighted by Crippen LogP contribution is 2.55. The van der Waals surface area contributed by atoms with Crippen molar-refractivity contribution in [2.45, 2.75) is 57.4 Å². The number of hydrogen-bond donors (Lipinski definition) is 3. The van der Waals surface area contributed by atoms with Crippen LogP contribution >= 0.6 is 0 Å². The monoisotopic (exact) mass is 369 g/mol. The lowest BCUT2D eigenvalue weighted by atomic mass is 9.53. The molecular formula is C21H27N3O3. The lowest BCUT2D eigenvalue weighted by Gasteiger charge is -2.56. The molecule has 4 bridgehead atoms. The Hall–Kier alpha value is -2.37. The summed E-state index contributed by atoms with van der Waals surface area (Å²) in [7, 11) is 0. The third-order valence-corrected chi connectivity index (χ3v) is 6.36. The van der Waals surface area contributed by atoms with Crippen molar-refractivity contribution in [1.29, 1.82) is 0 Å². The summed E-state index contributed by atoms with van der Waals surface area (Å²) in [4.78, 5) is 24.6. The van der Waals surface area contributed by atoms with Crippen LogP contribution in [-0.4, -0.2) is 28.2 Å². The van der Waals surface area contributed by atoms with Gasteiger partial charge in [-0.1, -0.05) is 12.1 Å². The molecular weight excluding hydrogens is 342 g/mol. The van der Waals surface area contributed by atoms with Crippen LogP contribution in [0.1, 0.15) is 62.2 Å². The molecule has 0 aliphatic heterocycles. The van der Waals surface area contributed by atoms with Crippen molar-refractivity contribution in [2.24, 2.45) is 22.9 Å². The fraction of sp³-hybridized carbons (Fsp3) is 0.571. The molecule has 0 heterocycles. The van der Waals surface area contributed by atoms with Gasteiger partial charge in [0, 0.05) is 11.3 Å². The summed E-state index contributed by atoms with van der Waals surface area (Å²) in [6, 6.07) is 6.29. The van der Waals surface area contributed by atoms with Gasteiger partial charge in [0.15, 0.2) is 0 Å². The van der Waals surface area contributed by atoms with Gasteiger partial charge in [-0.15, -0.1) is 0 Å². The van der Waals surface area contributed by atoms with Gasteiger partial charge in [-0.05, 0) is 75.3 Å². The Balaban J connectivity index is 1.32. The Kier molecular flexibility index (Phi) is 4.66. The van der Waals surface area contributed by atoms with Gasteiger partial charge in [0.1, 0.15) is 5.75 Å². The Morgan fingerprint density at radius 3 is 2.30 bits per heavy atom. The normalized spacial score (nSPS) is 31.6. The van der Waals surface area contributed by atoms with Crippen molar-refractivity contribution in [3.05, 3.63) is 29.8 Å². The van der Waals surface area contributed by atoms with E-state index < -0.39 is 5.91 Å². The van der Waals surface area contributed by atoms with Gasteiger partial charge in [0.05, 0.1) is 12.0 Å². The number of carbonyl (C=O) groups is 2. The minimum atomic E-state index is -0.492. The number of rotatable bonds is 5. The van der Waals surface area contributed by atoms with E-state index in [1.165, 1.54) is 31.4 Å². The molecule has 0 saturated heterocycles. The van der Waals surface area contributed by atoms with Crippen LogP contribution in [0.4, 0.5) is 0 Å². The number of amides is 2. The Morgan fingerprint density at radius 1 is 1.11 bits per heavy atom. The molecule has 4 saturated carbocycles. The number of nitrogens with zero attached hydrogens (tertiary/aromatic N) is 1. The van der Waals surface area contributed by atoms with Crippen LogP contribution in [0, 0.1) is 17.8 Å². The van der Waals surface area contributed by atoms with Gasteiger partial charge in [0.2, 0.25) is 5.91 Å². The molecule has 1 aromatic rings. The molecule has 0 aromatic heterocycles. The van der Waals surface area contributed by atoms with Crippen LogP contribution in [0.3, 0.4) is 0 Å². The van der Waals surface area contributed by atoms with Crippen LogP contribution in [0.25, 0.3) is 0 Å². The third kappa shape index (κ3) is 3.84. The van der Waals surface area contributed by atoms with E-state index in [0.29, 0.717) is 5.71 Å². The van der Waals surface area contributed by atoms with E-state index in [9.17, 15) is 14.7 Å². The molecule has 0 spiro atoms. The zero-order chi connectivity index (χ0) is 19.0. The van der Waals surface area contributed by atoms with E-state index in [-0.39, 0.29) is 29.2 Å². The lowest BCUT2D eigenvalue weighted by molar-refractivity contribution is -0.125. The van der Waals surface area contributed by atoms with Gasteiger partial charge in [-0.3, -0.25) is 9.59 Å². The first-order valence-electron chi connectivity index (χ1n) is 9.85. The molecule has 144 valence electrons. The summed E-state index contributed by atoms with van der Waals surface area (Å²) in [5.74, 6) is 1.74. The van der Waals surface area contributed by atoms with E-state index in [1.54, 1.807) is 19.1 Å². The van der Waals surface area contributed by atoms with E-state index in [1.807, 2.05) is 0 Å². The smallest absolute Gasteiger partial charge is 0.275 e. The first kappa shape index (κ1) is 18.0. The van der Waals surface area contributed by atoms with E-state index in [0.717, 1.165) is 37.0 Å². The van der Waals surface area contributed by atoms with Crippen molar-refractivity contribution in [3.63, 3.8) is 0 Å². The average molecular weight is 369 g/mol. The van der Waals surface area contributed by atoms with Gasteiger partial charge < -0.3 is 10.4 Å². The van der Waals surface area contributed by atoms with Crippen molar-refractivity contribution in [3.8, 4) is 5.75 Å². The Labute approximate surface area is 159 Å². The minimum Gasteiger partial charge on any atom is -0.507 e. The summed E-state index contributed by atoms with van der Waals surface area (Å²) in [5.41, 5.74) is 3.11. The third-order valence-electron chi connectivity index (χ3n) is 6.36. The molecule has 4 aliphatic carbocycles. The maximum Gasteiger partial charge on any atom is 0.275 e. The standard InChI is InChI=1S/C21H27N3O3/c1-13(23-24-20(27)17-4-2-3-5-18(17)25)6-19(26)22-21-10-14-7-15(11-21)9-16(8-14)12-21/h2-5,14-16,25H,6-12H2,1H3,(H,22,26)(H,24,27)/b23-13-. The highest BCUT2D eigenvalue weighted by Gasteiger charge is 2.51.